The minimum atomic E-state index is -0.356. The van der Waals surface area contributed by atoms with Crippen molar-refractivity contribution in [1.29, 1.82) is 0 Å². The number of carbonyl (C=O) groups excluding carboxylic acids is 2. The van der Waals surface area contributed by atoms with E-state index in [-0.39, 0.29) is 23.1 Å². The minimum Gasteiger partial charge on any atom is -0.462 e. The van der Waals surface area contributed by atoms with Gasteiger partial charge in [0.15, 0.2) is 0 Å². The van der Waals surface area contributed by atoms with Crippen LogP contribution in [0, 0.1) is 12.7 Å². The van der Waals surface area contributed by atoms with Gasteiger partial charge in [0, 0.05) is 10.6 Å². The molecule has 0 bridgehead atoms. The third-order valence-corrected chi connectivity index (χ3v) is 6.76. The SMILES string of the molecule is CCOC(=O)c1ccc(N2C(=O)CSC2c2ccc(F)cc2)c(C)c1SCC. The lowest BCUT2D eigenvalue weighted by Crippen LogP contribution is -2.29. The number of nitrogens with zero attached hydrogens (tertiary/aromatic N) is 1. The van der Waals surface area contributed by atoms with Crippen LogP contribution >= 0.6 is 23.5 Å². The monoisotopic (exact) mass is 419 g/mol. The highest BCUT2D eigenvalue weighted by atomic mass is 32.2. The lowest BCUT2D eigenvalue weighted by molar-refractivity contribution is -0.115. The summed E-state index contributed by atoms with van der Waals surface area (Å²) in [6, 6.07) is 9.78. The van der Waals surface area contributed by atoms with Crippen LogP contribution in [0.5, 0.6) is 0 Å². The Hall–Kier alpha value is -1.99. The van der Waals surface area contributed by atoms with E-state index >= 15 is 0 Å². The molecular weight excluding hydrogens is 397 g/mol. The Balaban J connectivity index is 2.05. The van der Waals surface area contributed by atoms with Gasteiger partial charge in [0.25, 0.3) is 0 Å². The molecule has 2 aromatic carbocycles. The number of benzene rings is 2. The molecule has 0 aliphatic carbocycles. The lowest BCUT2D eigenvalue weighted by Gasteiger charge is -2.27. The van der Waals surface area contributed by atoms with Crippen LogP contribution in [0.15, 0.2) is 41.3 Å². The number of halogens is 1. The van der Waals surface area contributed by atoms with Gasteiger partial charge in [0.05, 0.1) is 17.9 Å². The molecule has 1 atom stereocenters. The molecular formula is C21H22FNO3S2. The molecule has 4 nitrogen and oxygen atoms in total. The lowest BCUT2D eigenvalue weighted by atomic mass is 10.1. The van der Waals surface area contributed by atoms with Crippen LogP contribution < -0.4 is 4.90 Å². The Kier molecular flexibility index (Phi) is 6.67. The Morgan fingerprint density at radius 3 is 2.61 bits per heavy atom. The first-order valence-electron chi connectivity index (χ1n) is 9.10. The maximum absolute atomic E-state index is 13.3. The maximum atomic E-state index is 13.3. The molecule has 1 fully saturated rings. The third-order valence-electron chi connectivity index (χ3n) is 4.44. The standard InChI is InChI=1S/C21H22FNO3S2/c1-4-26-21(25)16-10-11-17(13(3)19(16)27-5-2)23-18(24)12-28-20(23)14-6-8-15(22)9-7-14/h6-11,20H,4-5,12H2,1-3H3. The van der Waals surface area contributed by atoms with Crippen LogP contribution in [0.3, 0.4) is 0 Å². The van der Waals surface area contributed by atoms with Gasteiger partial charge in [-0.1, -0.05) is 19.1 Å². The highest BCUT2D eigenvalue weighted by Crippen LogP contribution is 2.44. The zero-order chi connectivity index (χ0) is 20.3. The fraction of sp³-hybridized carbons (Fsp3) is 0.333. The quantitative estimate of drug-likeness (QED) is 0.476. The second kappa shape index (κ2) is 9.01. The van der Waals surface area contributed by atoms with E-state index in [1.807, 2.05) is 19.9 Å². The molecule has 0 radical (unpaired) electrons. The summed E-state index contributed by atoms with van der Waals surface area (Å²) < 4.78 is 18.5. The molecule has 0 saturated carbocycles. The van der Waals surface area contributed by atoms with Crippen LogP contribution in [-0.4, -0.2) is 30.0 Å². The first-order chi connectivity index (χ1) is 13.5. The summed E-state index contributed by atoms with van der Waals surface area (Å²) in [4.78, 5) is 27.6. The van der Waals surface area contributed by atoms with E-state index in [0.717, 1.165) is 27.5 Å². The summed E-state index contributed by atoms with van der Waals surface area (Å²) in [5.41, 5.74) is 3.04. The van der Waals surface area contributed by atoms with Gasteiger partial charge in [-0.3, -0.25) is 9.69 Å². The summed E-state index contributed by atoms with van der Waals surface area (Å²) >= 11 is 3.08. The molecule has 0 N–H and O–H groups in total. The summed E-state index contributed by atoms with van der Waals surface area (Å²) in [5.74, 6) is 0.489. The van der Waals surface area contributed by atoms with E-state index in [1.54, 1.807) is 41.8 Å². The van der Waals surface area contributed by atoms with Gasteiger partial charge < -0.3 is 4.74 Å². The van der Waals surface area contributed by atoms with Crippen molar-refractivity contribution in [3.05, 3.63) is 58.9 Å². The van der Waals surface area contributed by atoms with Gasteiger partial charge in [0.2, 0.25) is 5.91 Å². The smallest absolute Gasteiger partial charge is 0.339 e. The molecule has 3 rings (SSSR count). The number of amides is 1. The molecule has 1 amide bonds. The summed E-state index contributed by atoms with van der Waals surface area (Å²) in [6.07, 6.45) is 0. The molecule has 7 heteroatoms. The fourth-order valence-corrected chi connectivity index (χ4v) is 5.29. The van der Waals surface area contributed by atoms with Gasteiger partial charge in [0.1, 0.15) is 11.2 Å². The fourth-order valence-electron chi connectivity index (χ4n) is 3.20. The first kappa shape index (κ1) is 20.7. The molecule has 0 spiro atoms. The van der Waals surface area contributed by atoms with Crippen molar-refractivity contribution in [3.63, 3.8) is 0 Å². The zero-order valence-electron chi connectivity index (χ0n) is 16.0. The van der Waals surface area contributed by atoms with E-state index in [9.17, 15) is 14.0 Å². The summed E-state index contributed by atoms with van der Waals surface area (Å²) in [7, 11) is 0. The van der Waals surface area contributed by atoms with Gasteiger partial charge in [-0.05, 0) is 55.0 Å². The molecule has 0 aromatic heterocycles. The molecule has 1 aliphatic heterocycles. The zero-order valence-corrected chi connectivity index (χ0v) is 17.7. The second-order valence-electron chi connectivity index (χ2n) is 6.22. The van der Waals surface area contributed by atoms with Crippen molar-refractivity contribution < 1.29 is 18.7 Å². The van der Waals surface area contributed by atoms with Crippen molar-refractivity contribution in [2.24, 2.45) is 0 Å². The third kappa shape index (κ3) is 4.05. The number of thioether (sulfide) groups is 2. The Morgan fingerprint density at radius 1 is 1.25 bits per heavy atom. The second-order valence-corrected chi connectivity index (χ2v) is 8.56. The first-order valence-corrected chi connectivity index (χ1v) is 11.1. The van der Waals surface area contributed by atoms with Crippen molar-refractivity contribution >= 4 is 41.1 Å². The number of ether oxygens (including phenoxy) is 1. The summed E-state index contributed by atoms with van der Waals surface area (Å²) in [5, 5.41) is -0.222. The average Bonchev–Trinajstić information content (AvgIpc) is 3.05. The van der Waals surface area contributed by atoms with Gasteiger partial charge in [-0.25, -0.2) is 9.18 Å². The van der Waals surface area contributed by atoms with Crippen LogP contribution in [0.4, 0.5) is 10.1 Å². The average molecular weight is 420 g/mol. The number of carbonyl (C=O) groups is 2. The van der Waals surface area contributed by atoms with E-state index in [2.05, 4.69) is 0 Å². The van der Waals surface area contributed by atoms with Crippen molar-refractivity contribution in [2.45, 2.75) is 31.0 Å². The highest BCUT2D eigenvalue weighted by Gasteiger charge is 2.35. The Morgan fingerprint density at radius 2 is 1.96 bits per heavy atom. The van der Waals surface area contributed by atoms with Gasteiger partial charge in [-0.2, -0.15) is 0 Å². The minimum absolute atomic E-state index is 0.00115. The van der Waals surface area contributed by atoms with E-state index in [0.29, 0.717) is 17.9 Å². The predicted molar refractivity (Wildman–Crippen MR) is 113 cm³/mol. The molecule has 148 valence electrons. The Labute approximate surface area is 172 Å². The molecule has 28 heavy (non-hydrogen) atoms. The Bertz CT molecular complexity index is 886. The number of hydrogen-bond donors (Lipinski definition) is 0. The largest absolute Gasteiger partial charge is 0.462 e. The number of esters is 1. The molecule has 1 unspecified atom stereocenters. The molecule has 1 aliphatic rings. The van der Waals surface area contributed by atoms with Crippen molar-refractivity contribution in [3.8, 4) is 0 Å². The molecule has 2 aromatic rings. The summed E-state index contributed by atoms with van der Waals surface area (Å²) in [6.45, 7) is 6.03. The van der Waals surface area contributed by atoms with Crippen LogP contribution in [0.1, 0.15) is 40.7 Å². The maximum Gasteiger partial charge on any atom is 0.339 e. The molecule has 1 saturated heterocycles. The molecule has 1 heterocycles. The van der Waals surface area contributed by atoms with Crippen LogP contribution in [-0.2, 0) is 9.53 Å². The van der Waals surface area contributed by atoms with Gasteiger partial charge >= 0.3 is 5.97 Å². The highest BCUT2D eigenvalue weighted by molar-refractivity contribution is 8.00. The van der Waals surface area contributed by atoms with E-state index < -0.39 is 0 Å². The normalized spacial score (nSPS) is 16.5. The van der Waals surface area contributed by atoms with E-state index in [4.69, 9.17) is 4.74 Å². The van der Waals surface area contributed by atoms with Gasteiger partial charge in [-0.15, -0.1) is 23.5 Å². The number of rotatable bonds is 6. The van der Waals surface area contributed by atoms with Crippen molar-refractivity contribution in [2.75, 3.05) is 23.0 Å². The van der Waals surface area contributed by atoms with Crippen LogP contribution in [0.25, 0.3) is 0 Å². The number of anilines is 1. The van der Waals surface area contributed by atoms with Crippen LogP contribution in [0.2, 0.25) is 0 Å². The van der Waals surface area contributed by atoms with Crippen molar-refractivity contribution in [1.82, 2.24) is 0 Å². The predicted octanol–water partition coefficient (Wildman–Crippen LogP) is 5.20. The topological polar surface area (TPSA) is 46.6 Å². The number of hydrogen-bond acceptors (Lipinski definition) is 5. The van der Waals surface area contributed by atoms with E-state index in [1.165, 1.54) is 23.9 Å².